The van der Waals surface area contributed by atoms with Crippen LogP contribution in [-0.2, 0) is 22.7 Å². The zero-order valence-electron chi connectivity index (χ0n) is 19.9. The van der Waals surface area contributed by atoms with E-state index in [0.29, 0.717) is 13.0 Å². The molecule has 3 rings (SSSR count). The van der Waals surface area contributed by atoms with Crippen molar-refractivity contribution in [2.45, 2.75) is 53.2 Å². The number of hydrogen-bond donors (Lipinski definition) is 2. The quantitative estimate of drug-likeness (QED) is 0.485. The summed E-state index contributed by atoms with van der Waals surface area (Å²) in [5.41, 5.74) is 4.37. The van der Waals surface area contributed by atoms with Crippen molar-refractivity contribution in [2.75, 3.05) is 0 Å². The Morgan fingerprint density at radius 3 is 2.33 bits per heavy atom. The maximum Gasteiger partial charge on any atom is 0.243 e. The van der Waals surface area contributed by atoms with E-state index in [9.17, 15) is 9.59 Å². The zero-order valence-corrected chi connectivity index (χ0v) is 19.9. The first-order chi connectivity index (χ1) is 15.8. The van der Waals surface area contributed by atoms with Crippen molar-refractivity contribution in [2.24, 2.45) is 11.8 Å². The third kappa shape index (κ3) is 7.04. The van der Waals surface area contributed by atoms with Crippen molar-refractivity contribution < 1.29 is 9.59 Å². The molecule has 0 saturated carbocycles. The molecule has 1 atom stereocenters. The molecular formula is C27H34N4O2. The standard InChI is InChI=1S/C27H34N4O2/c1-19(2)16-25(32)30-26(20(3)4)27(33)28-17-23-8-5-6-9-24(23)22-12-10-21(11-13-22)18-31-15-7-14-29-31/h5-15,19-20,26H,16-18H2,1-4H3,(H,28,33)(H,30,32). The highest BCUT2D eigenvalue weighted by Crippen LogP contribution is 2.24. The summed E-state index contributed by atoms with van der Waals surface area (Å²) in [6.45, 7) is 8.99. The van der Waals surface area contributed by atoms with Gasteiger partial charge < -0.3 is 10.6 Å². The van der Waals surface area contributed by atoms with Crippen LogP contribution in [0.25, 0.3) is 11.1 Å². The summed E-state index contributed by atoms with van der Waals surface area (Å²) in [6, 6.07) is 17.8. The average molecular weight is 447 g/mol. The average Bonchev–Trinajstić information content (AvgIpc) is 3.29. The van der Waals surface area contributed by atoms with Crippen LogP contribution >= 0.6 is 0 Å². The van der Waals surface area contributed by atoms with Crippen LogP contribution in [0.15, 0.2) is 67.0 Å². The molecular weight excluding hydrogens is 412 g/mol. The molecule has 6 heteroatoms. The van der Waals surface area contributed by atoms with E-state index in [1.807, 2.05) is 62.8 Å². The van der Waals surface area contributed by atoms with Gasteiger partial charge in [-0.1, -0.05) is 76.2 Å². The van der Waals surface area contributed by atoms with Gasteiger partial charge in [0.2, 0.25) is 11.8 Å². The molecule has 0 aliphatic rings. The third-order valence-electron chi connectivity index (χ3n) is 5.50. The second-order valence-corrected chi connectivity index (χ2v) is 9.16. The van der Waals surface area contributed by atoms with Crippen LogP contribution in [0.3, 0.4) is 0 Å². The number of rotatable bonds is 10. The normalized spacial score (nSPS) is 12.1. The summed E-state index contributed by atoms with van der Waals surface area (Å²) in [7, 11) is 0. The Morgan fingerprint density at radius 2 is 1.70 bits per heavy atom. The molecule has 0 bridgehead atoms. The molecule has 0 radical (unpaired) electrons. The first-order valence-electron chi connectivity index (χ1n) is 11.5. The Bertz CT molecular complexity index is 1040. The first-order valence-corrected chi connectivity index (χ1v) is 11.5. The van der Waals surface area contributed by atoms with Gasteiger partial charge >= 0.3 is 0 Å². The molecule has 1 aromatic heterocycles. The largest absolute Gasteiger partial charge is 0.350 e. The number of nitrogens with one attached hydrogen (secondary N) is 2. The minimum atomic E-state index is -0.551. The van der Waals surface area contributed by atoms with Gasteiger partial charge in [0.15, 0.2) is 0 Å². The summed E-state index contributed by atoms with van der Waals surface area (Å²) in [5.74, 6) is -0.00157. The van der Waals surface area contributed by atoms with Gasteiger partial charge in [0, 0.05) is 25.4 Å². The summed E-state index contributed by atoms with van der Waals surface area (Å²) in [4.78, 5) is 25.1. The molecule has 6 nitrogen and oxygen atoms in total. The molecule has 2 aromatic carbocycles. The van der Waals surface area contributed by atoms with E-state index in [-0.39, 0.29) is 23.7 Å². The highest BCUT2D eigenvalue weighted by Gasteiger charge is 2.24. The van der Waals surface area contributed by atoms with Crippen molar-refractivity contribution in [1.82, 2.24) is 20.4 Å². The maximum absolute atomic E-state index is 12.9. The molecule has 0 saturated heterocycles. The number of amides is 2. The van der Waals surface area contributed by atoms with Crippen molar-refractivity contribution in [1.29, 1.82) is 0 Å². The lowest BCUT2D eigenvalue weighted by atomic mass is 9.98. The van der Waals surface area contributed by atoms with Crippen molar-refractivity contribution in [3.63, 3.8) is 0 Å². The highest BCUT2D eigenvalue weighted by molar-refractivity contribution is 5.88. The van der Waals surface area contributed by atoms with Gasteiger partial charge in [0.25, 0.3) is 0 Å². The monoisotopic (exact) mass is 446 g/mol. The smallest absolute Gasteiger partial charge is 0.243 e. The molecule has 3 aromatic rings. The van der Waals surface area contributed by atoms with Crippen LogP contribution in [0.2, 0.25) is 0 Å². The van der Waals surface area contributed by atoms with Gasteiger partial charge in [0.05, 0.1) is 6.54 Å². The summed E-state index contributed by atoms with van der Waals surface area (Å²) < 4.78 is 1.89. The van der Waals surface area contributed by atoms with Gasteiger partial charge in [-0.2, -0.15) is 5.10 Å². The number of carbonyl (C=O) groups is 2. The van der Waals surface area contributed by atoms with Crippen LogP contribution in [0, 0.1) is 11.8 Å². The van der Waals surface area contributed by atoms with Crippen molar-refractivity contribution >= 4 is 11.8 Å². The molecule has 2 amide bonds. The fraction of sp³-hybridized carbons (Fsp3) is 0.370. The number of benzene rings is 2. The van der Waals surface area contributed by atoms with Crippen molar-refractivity contribution in [3.8, 4) is 11.1 Å². The maximum atomic E-state index is 12.9. The van der Waals surface area contributed by atoms with Crippen molar-refractivity contribution in [3.05, 3.63) is 78.1 Å². The molecule has 2 N–H and O–H groups in total. The van der Waals surface area contributed by atoms with Crippen LogP contribution in [0.5, 0.6) is 0 Å². The fourth-order valence-electron chi connectivity index (χ4n) is 3.76. The number of aromatic nitrogens is 2. The van der Waals surface area contributed by atoms with Gasteiger partial charge in [-0.15, -0.1) is 0 Å². The van der Waals surface area contributed by atoms with Gasteiger partial charge in [-0.3, -0.25) is 14.3 Å². The van der Waals surface area contributed by atoms with Gasteiger partial charge in [0.1, 0.15) is 6.04 Å². The Hall–Kier alpha value is -3.41. The molecule has 1 heterocycles. The van der Waals surface area contributed by atoms with Crippen LogP contribution in [0.1, 0.15) is 45.2 Å². The lowest BCUT2D eigenvalue weighted by Crippen LogP contribution is -2.49. The molecule has 0 fully saturated rings. The SMILES string of the molecule is CC(C)CC(=O)NC(C(=O)NCc1ccccc1-c1ccc(Cn2cccn2)cc1)C(C)C. The van der Waals surface area contributed by atoms with E-state index in [4.69, 9.17) is 0 Å². The molecule has 33 heavy (non-hydrogen) atoms. The minimum absolute atomic E-state index is 0.00122. The number of nitrogens with zero attached hydrogens (tertiary/aromatic N) is 2. The molecule has 0 aliphatic carbocycles. The Morgan fingerprint density at radius 1 is 0.970 bits per heavy atom. The Kier molecular flexibility index (Phi) is 8.41. The topological polar surface area (TPSA) is 76.0 Å². The molecule has 0 spiro atoms. The van der Waals surface area contributed by atoms with E-state index in [2.05, 4.69) is 46.1 Å². The minimum Gasteiger partial charge on any atom is -0.350 e. The second kappa shape index (κ2) is 11.5. The third-order valence-corrected chi connectivity index (χ3v) is 5.50. The number of carbonyl (C=O) groups excluding carboxylic acids is 2. The van der Waals surface area contributed by atoms with E-state index in [1.54, 1.807) is 6.20 Å². The first kappa shape index (κ1) is 24.2. The van der Waals surface area contributed by atoms with Crippen LogP contribution in [0.4, 0.5) is 0 Å². The lowest BCUT2D eigenvalue weighted by molar-refractivity contribution is -0.130. The second-order valence-electron chi connectivity index (χ2n) is 9.16. The van der Waals surface area contributed by atoms with Crippen LogP contribution in [-0.4, -0.2) is 27.6 Å². The van der Waals surface area contributed by atoms with E-state index in [1.165, 1.54) is 5.56 Å². The summed E-state index contributed by atoms with van der Waals surface area (Å²) in [6.07, 6.45) is 4.13. The molecule has 0 aliphatic heterocycles. The predicted octanol–water partition coefficient (Wildman–Crippen LogP) is 4.40. The molecule has 1 unspecified atom stereocenters. The molecule has 174 valence electrons. The number of hydrogen-bond acceptors (Lipinski definition) is 3. The van der Waals surface area contributed by atoms with Gasteiger partial charge in [-0.05, 0) is 40.2 Å². The Labute approximate surface area is 196 Å². The fourth-order valence-corrected chi connectivity index (χ4v) is 3.76. The highest BCUT2D eigenvalue weighted by atomic mass is 16.2. The van der Waals surface area contributed by atoms with E-state index < -0.39 is 6.04 Å². The Balaban J connectivity index is 1.67. The van der Waals surface area contributed by atoms with Gasteiger partial charge in [-0.25, -0.2) is 0 Å². The summed E-state index contributed by atoms with van der Waals surface area (Å²) in [5, 5.41) is 10.2. The van der Waals surface area contributed by atoms with E-state index >= 15 is 0 Å². The van der Waals surface area contributed by atoms with E-state index in [0.717, 1.165) is 23.2 Å². The summed E-state index contributed by atoms with van der Waals surface area (Å²) >= 11 is 0. The zero-order chi connectivity index (χ0) is 23.8. The lowest BCUT2D eigenvalue weighted by Gasteiger charge is -2.22. The predicted molar refractivity (Wildman–Crippen MR) is 131 cm³/mol. The van der Waals surface area contributed by atoms with Crippen LogP contribution < -0.4 is 10.6 Å².